The van der Waals surface area contributed by atoms with Gasteiger partial charge in [0.15, 0.2) is 5.76 Å². The van der Waals surface area contributed by atoms with Gasteiger partial charge in [-0.2, -0.15) is 0 Å². The lowest BCUT2D eigenvalue weighted by Crippen LogP contribution is -2.34. The van der Waals surface area contributed by atoms with Crippen LogP contribution in [0.15, 0.2) is 53.1 Å². The Kier molecular flexibility index (Phi) is 5.72. The average molecular weight is 388 g/mol. The van der Waals surface area contributed by atoms with Crippen LogP contribution in [0.25, 0.3) is 0 Å². The van der Waals surface area contributed by atoms with E-state index in [2.05, 4.69) is 0 Å². The summed E-state index contributed by atoms with van der Waals surface area (Å²) >= 11 is 1.22. The van der Waals surface area contributed by atoms with Crippen LogP contribution in [0, 0.1) is 5.82 Å². The highest BCUT2D eigenvalue weighted by molar-refractivity contribution is 7.12. The van der Waals surface area contributed by atoms with Crippen molar-refractivity contribution in [2.24, 2.45) is 0 Å². The molecule has 1 atom stereocenters. The highest BCUT2D eigenvalue weighted by Gasteiger charge is 2.44. The Labute approximate surface area is 161 Å². The summed E-state index contributed by atoms with van der Waals surface area (Å²) in [5, 5.41) is 12.2. The third-order valence-corrected chi connectivity index (χ3v) is 5.37. The van der Waals surface area contributed by atoms with Crippen molar-refractivity contribution < 1.29 is 19.1 Å². The van der Waals surface area contributed by atoms with Crippen molar-refractivity contribution >= 4 is 23.0 Å². The molecule has 0 saturated carbocycles. The second kappa shape index (κ2) is 8.02. The molecule has 0 fully saturated rings. The topological polar surface area (TPSA) is 60.9 Å². The van der Waals surface area contributed by atoms with Crippen molar-refractivity contribution in [1.82, 2.24) is 9.80 Å². The van der Waals surface area contributed by atoms with Gasteiger partial charge < -0.3 is 14.9 Å². The molecule has 0 saturated heterocycles. The summed E-state index contributed by atoms with van der Waals surface area (Å²) in [4.78, 5) is 29.4. The number of aliphatic hydroxyl groups excluding tert-OH is 1. The average Bonchev–Trinajstić information content (AvgIpc) is 3.24. The van der Waals surface area contributed by atoms with E-state index in [4.69, 9.17) is 0 Å². The lowest BCUT2D eigenvalue weighted by molar-refractivity contribution is -0.129. The number of aliphatic hydroxyl groups is 1. The highest BCUT2D eigenvalue weighted by Crippen LogP contribution is 2.40. The maximum Gasteiger partial charge on any atom is 0.290 e. The van der Waals surface area contributed by atoms with E-state index in [0.717, 1.165) is 6.54 Å². The van der Waals surface area contributed by atoms with Gasteiger partial charge in [-0.15, -0.1) is 11.3 Å². The standard InChI is InChI=1S/C20H21FN2O3S/c1-22(2)10-6-11-23-17(13-7-3-4-8-14(13)21)16(19(25)20(23)26)18(24)15-9-5-12-27-15/h3-5,7-9,12,17,25H,6,10-11H2,1-2H3/t17-/m1/s1. The van der Waals surface area contributed by atoms with E-state index >= 15 is 0 Å². The first-order valence-corrected chi connectivity index (χ1v) is 9.51. The Hall–Kier alpha value is -2.51. The van der Waals surface area contributed by atoms with E-state index < -0.39 is 29.3 Å². The number of hydrogen-bond acceptors (Lipinski definition) is 5. The van der Waals surface area contributed by atoms with Crippen molar-refractivity contribution in [2.75, 3.05) is 27.2 Å². The Bertz CT molecular complexity index is 877. The van der Waals surface area contributed by atoms with Crippen LogP contribution < -0.4 is 0 Å². The minimum absolute atomic E-state index is 0.0580. The molecular formula is C20H21FN2O3S. The first kappa shape index (κ1) is 19.3. The second-order valence-corrected chi connectivity index (χ2v) is 7.60. The largest absolute Gasteiger partial charge is 0.503 e. The molecule has 0 spiro atoms. The molecule has 2 heterocycles. The molecule has 3 rings (SSSR count). The summed E-state index contributed by atoms with van der Waals surface area (Å²) in [6.07, 6.45) is 0.636. The van der Waals surface area contributed by atoms with Crippen molar-refractivity contribution in [2.45, 2.75) is 12.5 Å². The molecule has 0 radical (unpaired) electrons. The summed E-state index contributed by atoms with van der Waals surface area (Å²) in [6, 6.07) is 8.46. The Balaban J connectivity index is 2.02. The number of hydrogen-bond donors (Lipinski definition) is 1. The van der Waals surface area contributed by atoms with Gasteiger partial charge in [-0.1, -0.05) is 24.3 Å². The molecule has 0 bridgehead atoms. The van der Waals surface area contributed by atoms with Gasteiger partial charge in [0, 0.05) is 12.1 Å². The minimum atomic E-state index is -0.935. The molecule has 1 aliphatic rings. The van der Waals surface area contributed by atoms with E-state index in [1.807, 2.05) is 19.0 Å². The maximum absolute atomic E-state index is 14.5. The second-order valence-electron chi connectivity index (χ2n) is 6.65. The van der Waals surface area contributed by atoms with E-state index in [0.29, 0.717) is 17.8 Å². The molecular weight excluding hydrogens is 367 g/mol. The Morgan fingerprint density at radius 2 is 2.00 bits per heavy atom. The molecule has 1 N–H and O–H groups in total. The lowest BCUT2D eigenvalue weighted by Gasteiger charge is -2.27. The third kappa shape index (κ3) is 3.79. The zero-order chi connectivity index (χ0) is 19.6. The molecule has 1 aromatic carbocycles. The Morgan fingerprint density at radius 3 is 2.63 bits per heavy atom. The van der Waals surface area contributed by atoms with Gasteiger partial charge in [-0.05, 0) is 44.6 Å². The maximum atomic E-state index is 14.5. The van der Waals surface area contributed by atoms with Gasteiger partial charge in [-0.25, -0.2) is 4.39 Å². The number of benzene rings is 1. The van der Waals surface area contributed by atoms with E-state index in [9.17, 15) is 19.1 Å². The zero-order valence-corrected chi connectivity index (χ0v) is 16.0. The number of carbonyl (C=O) groups is 2. The van der Waals surface area contributed by atoms with Crippen LogP contribution in [0.5, 0.6) is 0 Å². The number of halogens is 1. The number of thiophene rings is 1. The van der Waals surface area contributed by atoms with Crippen molar-refractivity contribution in [1.29, 1.82) is 0 Å². The quantitative estimate of drug-likeness (QED) is 0.739. The van der Waals surface area contributed by atoms with Gasteiger partial charge in [-0.3, -0.25) is 9.59 Å². The number of nitrogens with zero attached hydrogens (tertiary/aromatic N) is 2. The molecule has 2 aromatic rings. The molecule has 1 amide bonds. The molecule has 1 aliphatic heterocycles. The fourth-order valence-electron chi connectivity index (χ4n) is 3.23. The van der Waals surface area contributed by atoms with Crippen LogP contribution in [0.1, 0.15) is 27.7 Å². The van der Waals surface area contributed by atoms with Gasteiger partial charge >= 0.3 is 0 Å². The summed E-state index contributed by atoms with van der Waals surface area (Å²) in [7, 11) is 3.84. The molecule has 7 heteroatoms. The number of amides is 1. The van der Waals surface area contributed by atoms with Crippen molar-refractivity contribution in [3.8, 4) is 0 Å². The summed E-state index contributed by atoms with van der Waals surface area (Å²) in [5.74, 6) is -2.19. The van der Waals surface area contributed by atoms with Gasteiger partial charge in [0.05, 0.1) is 16.5 Å². The Morgan fingerprint density at radius 1 is 1.26 bits per heavy atom. The lowest BCUT2D eigenvalue weighted by atomic mass is 9.95. The minimum Gasteiger partial charge on any atom is -0.503 e. The summed E-state index contributed by atoms with van der Waals surface area (Å²) in [6.45, 7) is 1.03. The number of rotatable bonds is 7. The van der Waals surface area contributed by atoms with Gasteiger partial charge in [0.1, 0.15) is 5.82 Å². The molecule has 1 aromatic heterocycles. The van der Waals surface area contributed by atoms with Crippen molar-refractivity contribution in [3.63, 3.8) is 0 Å². The predicted molar refractivity (Wildman–Crippen MR) is 102 cm³/mol. The van der Waals surface area contributed by atoms with Crippen LogP contribution in [0.3, 0.4) is 0 Å². The normalized spacial score (nSPS) is 17.3. The first-order chi connectivity index (χ1) is 12.9. The van der Waals surface area contributed by atoms with E-state index in [1.165, 1.54) is 22.3 Å². The van der Waals surface area contributed by atoms with Crippen LogP contribution in [-0.2, 0) is 4.79 Å². The number of ketones is 1. The van der Waals surface area contributed by atoms with Crippen LogP contribution in [0.2, 0.25) is 0 Å². The fourth-order valence-corrected chi connectivity index (χ4v) is 3.91. The molecule has 27 heavy (non-hydrogen) atoms. The first-order valence-electron chi connectivity index (χ1n) is 8.63. The zero-order valence-electron chi connectivity index (χ0n) is 15.2. The van der Waals surface area contributed by atoms with Crippen LogP contribution in [-0.4, -0.2) is 53.8 Å². The number of carbonyl (C=O) groups excluding carboxylic acids is 2. The molecule has 0 unspecified atom stereocenters. The molecule has 5 nitrogen and oxygen atoms in total. The highest BCUT2D eigenvalue weighted by atomic mass is 32.1. The smallest absolute Gasteiger partial charge is 0.290 e. The van der Waals surface area contributed by atoms with Crippen LogP contribution >= 0.6 is 11.3 Å². The van der Waals surface area contributed by atoms with Crippen LogP contribution in [0.4, 0.5) is 4.39 Å². The predicted octanol–water partition coefficient (Wildman–Crippen LogP) is 3.42. The molecule has 0 aliphatic carbocycles. The fraction of sp³-hybridized carbons (Fsp3) is 0.300. The van der Waals surface area contributed by atoms with Crippen molar-refractivity contribution in [3.05, 3.63) is 69.4 Å². The SMILES string of the molecule is CN(C)CCCN1C(=O)C(O)=C(C(=O)c2cccs2)[C@H]1c1ccccc1F. The third-order valence-electron chi connectivity index (χ3n) is 4.50. The van der Waals surface area contributed by atoms with Gasteiger partial charge in [0.25, 0.3) is 5.91 Å². The number of Topliss-reactive ketones (excluding diaryl/α,β-unsaturated/α-hetero) is 1. The summed E-state index contributed by atoms with van der Waals surface area (Å²) in [5.41, 5.74) is 0.150. The van der Waals surface area contributed by atoms with Gasteiger partial charge in [0.2, 0.25) is 5.78 Å². The van der Waals surface area contributed by atoms with E-state index in [-0.39, 0.29) is 11.1 Å². The summed E-state index contributed by atoms with van der Waals surface area (Å²) < 4.78 is 14.5. The molecule has 142 valence electrons. The van der Waals surface area contributed by atoms with E-state index in [1.54, 1.807) is 35.7 Å². The monoisotopic (exact) mass is 388 g/mol.